The van der Waals surface area contributed by atoms with Crippen molar-refractivity contribution in [3.8, 4) is 0 Å². The molecule has 0 aliphatic heterocycles. The highest BCUT2D eigenvalue weighted by atomic mass is 14.1. The fraction of sp³-hybridized carbons (Fsp3) is 0.222. The lowest BCUT2D eigenvalue weighted by Gasteiger charge is -2.06. The number of fused-ring (bicyclic) bond motifs is 1. The smallest absolute Gasteiger partial charge is 0.00987 e. The Balaban J connectivity index is 2.62. The van der Waals surface area contributed by atoms with Crippen molar-refractivity contribution in [2.45, 2.75) is 26.7 Å². The highest BCUT2D eigenvalue weighted by Gasteiger charge is 2.02. The normalized spacial score (nSPS) is 11.9. The summed E-state index contributed by atoms with van der Waals surface area (Å²) in [4.78, 5) is 0. The van der Waals surface area contributed by atoms with E-state index in [-0.39, 0.29) is 0 Å². The van der Waals surface area contributed by atoms with E-state index in [0.29, 0.717) is 0 Å². The van der Waals surface area contributed by atoms with Crippen molar-refractivity contribution in [2.24, 2.45) is 0 Å². The van der Waals surface area contributed by atoms with Crippen LogP contribution in [0.3, 0.4) is 0 Å². The van der Waals surface area contributed by atoms with Gasteiger partial charge in [-0.25, -0.2) is 0 Å². The van der Waals surface area contributed by atoms with E-state index in [9.17, 15) is 0 Å². The Morgan fingerprint density at radius 3 is 2.56 bits per heavy atom. The maximum absolute atomic E-state index is 3.29. The molecule has 1 radical (unpaired) electrons. The summed E-state index contributed by atoms with van der Waals surface area (Å²) in [6, 6.07) is 13.8. The fourth-order valence-corrected chi connectivity index (χ4v) is 2.05. The molecule has 18 heavy (non-hydrogen) atoms. The summed E-state index contributed by atoms with van der Waals surface area (Å²) < 4.78 is 0. The Bertz CT molecular complexity index is 574. The average molecular weight is 235 g/mol. The van der Waals surface area contributed by atoms with Gasteiger partial charge in [0.2, 0.25) is 0 Å². The van der Waals surface area contributed by atoms with Gasteiger partial charge in [-0.1, -0.05) is 68.5 Å². The topological polar surface area (TPSA) is 0 Å². The van der Waals surface area contributed by atoms with Crippen LogP contribution in [-0.4, -0.2) is 0 Å². The third-order valence-corrected chi connectivity index (χ3v) is 2.97. The van der Waals surface area contributed by atoms with Crippen LogP contribution < -0.4 is 0 Å². The standard InChI is InChI=1S/C18H19/c1-3-5-9-15-13-14-16-10-7-8-12-18(16)17(15)11-6-4-2/h5-9,11-14H,3-4H2,1-2H3. The molecule has 0 nitrogen and oxygen atoms in total. The quantitative estimate of drug-likeness (QED) is 0.657. The van der Waals surface area contributed by atoms with Gasteiger partial charge in [0, 0.05) is 0 Å². The molecule has 0 heteroatoms. The summed E-state index contributed by atoms with van der Waals surface area (Å²) in [6.07, 6.45) is 11.0. The molecule has 0 aromatic heterocycles. The highest BCUT2D eigenvalue weighted by molar-refractivity contribution is 5.93. The predicted octanol–water partition coefficient (Wildman–Crippen LogP) is 5.49. The molecule has 0 unspecified atom stereocenters. The van der Waals surface area contributed by atoms with Gasteiger partial charge in [0.15, 0.2) is 0 Å². The van der Waals surface area contributed by atoms with Crippen LogP contribution >= 0.6 is 0 Å². The first kappa shape index (κ1) is 12.6. The monoisotopic (exact) mass is 235 g/mol. The van der Waals surface area contributed by atoms with Crippen LogP contribution in [0.5, 0.6) is 0 Å². The van der Waals surface area contributed by atoms with E-state index >= 15 is 0 Å². The van der Waals surface area contributed by atoms with Gasteiger partial charge in [-0.05, 0) is 40.8 Å². The van der Waals surface area contributed by atoms with E-state index in [4.69, 9.17) is 0 Å². The van der Waals surface area contributed by atoms with Crippen molar-refractivity contribution >= 4 is 22.9 Å². The molecule has 0 amide bonds. The minimum atomic E-state index is 1.06. The zero-order chi connectivity index (χ0) is 12.8. The lowest BCUT2D eigenvalue weighted by Crippen LogP contribution is -1.84. The van der Waals surface area contributed by atoms with Gasteiger partial charge in [-0.3, -0.25) is 0 Å². The summed E-state index contributed by atoms with van der Waals surface area (Å²) in [5, 5.41) is 2.46. The van der Waals surface area contributed by atoms with Gasteiger partial charge in [0.05, 0.1) is 0 Å². The van der Waals surface area contributed by atoms with Crippen LogP contribution in [0, 0.1) is 6.07 Å². The molecule has 0 aliphatic carbocycles. The minimum Gasteiger partial charge on any atom is -0.0842 e. The zero-order valence-corrected chi connectivity index (χ0v) is 11.1. The molecule has 0 bridgehead atoms. The van der Waals surface area contributed by atoms with Gasteiger partial charge >= 0.3 is 0 Å². The summed E-state index contributed by atoms with van der Waals surface area (Å²) in [5.41, 5.74) is 2.59. The Morgan fingerprint density at radius 1 is 1.00 bits per heavy atom. The summed E-state index contributed by atoms with van der Waals surface area (Å²) >= 11 is 0. The third-order valence-electron chi connectivity index (χ3n) is 2.97. The van der Waals surface area contributed by atoms with Crippen molar-refractivity contribution < 1.29 is 0 Å². The molecule has 2 rings (SSSR count). The van der Waals surface area contributed by atoms with E-state index in [1.165, 1.54) is 21.9 Å². The van der Waals surface area contributed by atoms with Gasteiger partial charge in [-0.2, -0.15) is 0 Å². The van der Waals surface area contributed by atoms with Gasteiger partial charge in [-0.15, -0.1) is 0 Å². The lowest BCUT2D eigenvalue weighted by molar-refractivity contribution is 1.23. The van der Waals surface area contributed by atoms with Crippen molar-refractivity contribution in [1.82, 2.24) is 0 Å². The number of hydrogen-bond donors (Lipinski definition) is 0. The average Bonchev–Trinajstić information content (AvgIpc) is 2.43. The van der Waals surface area contributed by atoms with E-state index in [1.807, 2.05) is 6.07 Å². The van der Waals surface area contributed by atoms with E-state index in [2.05, 4.69) is 68.5 Å². The summed E-state index contributed by atoms with van der Waals surface area (Å²) in [5.74, 6) is 0. The molecule has 0 saturated carbocycles. The molecular formula is C18H19. The Kier molecular flexibility index (Phi) is 4.35. The second kappa shape index (κ2) is 6.20. The molecule has 0 saturated heterocycles. The first-order valence-corrected chi connectivity index (χ1v) is 6.63. The third kappa shape index (κ3) is 2.70. The largest absolute Gasteiger partial charge is 0.0842 e. The number of rotatable bonds is 4. The lowest BCUT2D eigenvalue weighted by atomic mass is 9.98. The number of hydrogen-bond acceptors (Lipinski definition) is 0. The van der Waals surface area contributed by atoms with Gasteiger partial charge in [0.25, 0.3) is 0 Å². The van der Waals surface area contributed by atoms with Gasteiger partial charge in [0.1, 0.15) is 0 Å². The van der Waals surface area contributed by atoms with Crippen LogP contribution in [0.4, 0.5) is 0 Å². The van der Waals surface area contributed by atoms with Crippen LogP contribution in [-0.2, 0) is 0 Å². The second-order valence-corrected chi connectivity index (χ2v) is 4.32. The maximum atomic E-state index is 3.29. The van der Waals surface area contributed by atoms with Crippen LogP contribution in [0.2, 0.25) is 0 Å². The molecule has 91 valence electrons. The van der Waals surface area contributed by atoms with Crippen molar-refractivity contribution in [2.75, 3.05) is 0 Å². The van der Waals surface area contributed by atoms with E-state index in [1.54, 1.807) is 0 Å². The first-order chi connectivity index (χ1) is 8.86. The Morgan fingerprint density at radius 2 is 1.78 bits per heavy atom. The molecule has 0 heterocycles. The molecule has 0 aliphatic rings. The molecule has 2 aromatic rings. The van der Waals surface area contributed by atoms with Crippen LogP contribution in [0.25, 0.3) is 22.9 Å². The van der Waals surface area contributed by atoms with E-state index in [0.717, 1.165) is 12.8 Å². The SMILES string of the molecule is CCC=Cc1ccc2[c]cccc2c1C=CCC. The van der Waals surface area contributed by atoms with Crippen molar-refractivity contribution in [1.29, 1.82) is 0 Å². The zero-order valence-electron chi connectivity index (χ0n) is 11.1. The van der Waals surface area contributed by atoms with E-state index < -0.39 is 0 Å². The Hall–Kier alpha value is -1.82. The summed E-state index contributed by atoms with van der Waals surface area (Å²) in [7, 11) is 0. The number of allylic oxidation sites excluding steroid dienone is 2. The van der Waals surface area contributed by atoms with Gasteiger partial charge < -0.3 is 0 Å². The Labute approximate surface area is 110 Å². The molecule has 0 spiro atoms. The van der Waals surface area contributed by atoms with Crippen LogP contribution in [0.15, 0.2) is 42.5 Å². The molecule has 0 atom stereocenters. The molecular weight excluding hydrogens is 216 g/mol. The van der Waals surface area contributed by atoms with Crippen LogP contribution in [0.1, 0.15) is 37.8 Å². The van der Waals surface area contributed by atoms with Crippen molar-refractivity contribution in [3.05, 3.63) is 59.7 Å². The molecule has 2 aromatic carbocycles. The molecule has 0 fully saturated rings. The summed E-state index contributed by atoms with van der Waals surface area (Å²) in [6.45, 7) is 4.32. The van der Waals surface area contributed by atoms with Crippen molar-refractivity contribution in [3.63, 3.8) is 0 Å². The second-order valence-electron chi connectivity index (χ2n) is 4.32. The maximum Gasteiger partial charge on any atom is -0.00987 e. The fourth-order valence-electron chi connectivity index (χ4n) is 2.05. The first-order valence-electron chi connectivity index (χ1n) is 6.63. The number of benzene rings is 2. The highest BCUT2D eigenvalue weighted by Crippen LogP contribution is 2.25. The minimum absolute atomic E-state index is 1.06. The predicted molar refractivity (Wildman–Crippen MR) is 81.4 cm³/mol. The molecule has 0 N–H and O–H groups in total.